The van der Waals surface area contributed by atoms with Crippen molar-refractivity contribution >= 4 is 22.7 Å². The Morgan fingerprint density at radius 2 is 1.36 bits per heavy atom. The van der Waals surface area contributed by atoms with Gasteiger partial charge in [0.05, 0.1) is 0 Å². The molecule has 1 fully saturated rings. The molecule has 3 aromatic carbocycles. The number of likely N-dealkylation sites (tertiary alicyclic amines) is 1. The van der Waals surface area contributed by atoms with Crippen LogP contribution >= 0.6 is 11.6 Å². The lowest BCUT2D eigenvalue weighted by atomic mass is 9.88. The molecule has 0 N–H and O–H groups in total. The van der Waals surface area contributed by atoms with Crippen LogP contribution < -0.4 is 4.74 Å². The highest BCUT2D eigenvalue weighted by molar-refractivity contribution is 6.30. The molecule has 0 aromatic heterocycles. The second-order valence-corrected chi connectivity index (χ2v) is 9.15. The highest BCUT2D eigenvalue weighted by Gasteiger charge is 2.14. The van der Waals surface area contributed by atoms with Gasteiger partial charge in [-0.25, -0.2) is 0 Å². The second-order valence-electron chi connectivity index (χ2n) is 8.71. The van der Waals surface area contributed by atoms with Crippen LogP contribution in [0.3, 0.4) is 0 Å². The summed E-state index contributed by atoms with van der Waals surface area (Å²) in [4.78, 5) is 2.54. The minimum atomic E-state index is 0.740. The zero-order valence-electron chi connectivity index (χ0n) is 19.6. The Morgan fingerprint density at radius 1 is 0.758 bits per heavy atom. The molecular formula is C30H34ClNO. The van der Waals surface area contributed by atoms with Gasteiger partial charge in [0.25, 0.3) is 0 Å². The normalized spacial score (nSPS) is 15.6. The maximum Gasteiger partial charge on any atom is 0.119 e. The Bertz CT molecular complexity index is 1020. The van der Waals surface area contributed by atoms with E-state index in [2.05, 4.69) is 78.6 Å². The third-order valence-corrected chi connectivity index (χ3v) is 6.68. The van der Waals surface area contributed by atoms with Gasteiger partial charge in [-0.2, -0.15) is 0 Å². The number of halogens is 1. The highest BCUT2D eigenvalue weighted by atomic mass is 35.5. The van der Waals surface area contributed by atoms with Crippen LogP contribution in [0.4, 0.5) is 0 Å². The van der Waals surface area contributed by atoms with E-state index in [1.165, 1.54) is 66.6 Å². The molecule has 0 bridgehead atoms. The molecule has 0 radical (unpaired) electrons. The molecule has 2 nitrogen and oxygen atoms in total. The minimum absolute atomic E-state index is 0.740. The zero-order chi connectivity index (χ0) is 22.9. The maximum atomic E-state index is 6.19. The molecule has 3 heteroatoms. The predicted octanol–water partition coefficient (Wildman–Crippen LogP) is 7.96. The van der Waals surface area contributed by atoms with E-state index in [9.17, 15) is 0 Å². The number of rotatable bonds is 8. The van der Waals surface area contributed by atoms with E-state index in [1.54, 1.807) is 0 Å². The molecule has 1 aliphatic heterocycles. The molecule has 0 aliphatic carbocycles. The molecule has 33 heavy (non-hydrogen) atoms. The van der Waals surface area contributed by atoms with Crippen LogP contribution in [0.2, 0.25) is 5.02 Å². The first-order chi connectivity index (χ1) is 16.2. The van der Waals surface area contributed by atoms with Crippen molar-refractivity contribution in [1.29, 1.82) is 0 Å². The molecule has 0 atom stereocenters. The smallest absolute Gasteiger partial charge is 0.119 e. The third kappa shape index (κ3) is 6.50. The van der Waals surface area contributed by atoms with Crippen LogP contribution in [0, 0.1) is 0 Å². The molecule has 0 amide bonds. The molecule has 4 rings (SSSR count). The van der Waals surface area contributed by atoms with Gasteiger partial charge in [-0.3, -0.25) is 4.90 Å². The average Bonchev–Trinajstić information content (AvgIpc) is 3.13. The van der Waals surface area contributed by atoms with Crippen molar-refractivity contribution in [2.24, 2.45) is 0 Å². The standard InChI is InChI=1S/C30H34ClNO/c1-2-29(24-10-6-5-7-11-24)30(25-12-16-27(31)17-13-25)26-14-18-28(19-15-26)33-23-22-32-20-8-3-4-9-21-32/h5-7,10-19H,2-4,8-9,20-23H2,1H3/b30-29+. The summed E-state index contributed by atoms with van der Waals surface area (Å²) in [5.74, 6) is 0.932. The van der Waals surface area contributed by atoms with Gasteiger partial charge in [0.15, 0.2) is 0 Å². The van der Waals surface area contributed by atoms with E-state index in [0.717, 1.165) is 30.3 Å². The summed E-state index contributed by atoms with van der Waals surface area (Å²) < 4.78 is 6.10. The average molecular weight is 460 g/mol. The number of hydrogen-bond donors (Lipinski definition) is 0. The molecule has 0 spiro atoms. The molecule has 0 saturated carbocycles. The second kappa shape index (κ2) is 12.1. The molecule has 1 heterocycles. The Labute approximate surface area is 203 Å². The summed E-state index contributed by atoms with van der Waals surface area (Å²) in [5.41, 5.74) is 6.19. The summed E-state index contributed by atoms with van der Waals surface area (Å²) in [7, 11) is 0. The van der Waals surface area contributed by atoms with Gasteiger partial charge in [-0.05, 0) is 84.5 Å². The molecule has 3 aromatic rings. The van der Waals surface area contributed by atoms with E-state index in [-0.39, 0.29) is 0 Å². The van der Waals surface area contributed by atoms with E-state index in [0.29, 0.717) is 0 Å². The fraction of sp³-hybridized carbons (Fsp3) is 0.333. The number of ether oxygens (including phenoxy) is 1. The van der Waals surface area contributed by atoms with Crippen LogP contribution in [-0.2, 0) is 0 Å². The summed E-state index contributed by atoms with van der Waals surface area (Å²) in [6.45, 7) is 6.38. The van der Waals surface area contributed by atoms with Crippen molar-refractivity contribution in [2.45, 2.75) is 39.0 Å². The molecule has 172 valence electrons. The van der Waals surface area contributed by atoms with Crippen LogP contribution in [0.15, 0.2) is 78.9 Å². The van der Waals surface area contributed by atoms with Crippen molar-refractivity contribution in [3.8, 4) is 5.75 Å². The minimum Gasteiger partial charge on any atom is -0.492 e. The van der Waals surface area contributed by atoms with Gasteiger partial charge in [0.2, 0.25) is 0 Å². The zero-order valence-corrected chi connectivity index (χ0v) is 20.4. The molecule has 0 unspecified atom stereocenters. The van der Waals surface area contributed by atoms with Gasteiger partial charge < -0.3 is 4.74 Å². The van der Waals surface area contributed by atoms with Crippen molar-refractivity contribution in [2.75, 3.05) is 26.2 Å². The first kappa shape index (κ1) is 23.6. The first-order valence-electron chi connectivity index (χ1n) is 12.2. The van der Waals surface area contributed by atoms with Gasteiger partial charge in [0.1, 0.15) is 12.4 Å². The van der Waals surface area contributed by atoms with Crippen LogP contribution in [0.25, 0.3) is 11.1 Å². The molecular weight excluding hydrogens is 426 g/mol. The fourth-order valence-electron chi connectivity index (χ4n) is 4.67. The molecule has 1 aliphatic rings. The van der Waals surface area contributed by atoms with Crippen molar-refractivity contribution in [3.63, 3.8) is 0 Å². The highest BCUT2D eigenvalue weighted by Crippen LogP contribution is 2.35. The van der Waals surface area contributed by atoms with Gasteiger partial charge >= 0.3 is 0 Å². The fourth-order valence-corrected chi connectivity index (χ4v) is 4.79. The van der Waals surface area contributed by atoms with Crippen LogP contribution in [-0.4, -0.2) is 31.1 Å². The molecule has 1 saturated heterocycles. The van der Waals surface area contributed by atoms with E-state index in [4.69, 9.17) is 16.3 Å². The summed E-state index contributed by atoms with van der Waals surface area (Å²) in [6, 6.07) is 27.4. The number of nitrogens with zero attached hydrogens (tertiary/aromatic N) is 1. The summed E-state index contributed by atoms with van der Waals surface area (Å²) >= 11 is 6.19. The first-order valence-corrected chi connectivity index (χ1v) is 12.6. The van der Waals surface area contributed by atoms with Gasteiger partial charge in [-0.15, -0.1) is 0 Å². The lowest BCUT2D eigenvalue weighted by molar-refractivity contribution is 0.214. The summed E-state index contributed by atoms with van der Waals surface area (Å²) in [5, 5.41) is 0.754. The monoisotopic (exact) mass is 459 g/mol. The van der Waals surface area contributed by atoms with E-state index in [1.807, 2.05) is 12.1 Å². The lowest BCUT2D eigenvalue weighted by Gasteiger charge is -2.20. The quantitative estimate of drug-likeness (QED) is 0.317. The topological polar surface area (TPSA) is 12.5 Å². The number of allylic oxidation sites excluding steroid dienone is 1. The maximum absolute atomic E-state index is 6.19. The Kier molecular flexibility index (Phi) is 8.63. The van der Waals surface area contributed by atoms with Crippen molar-refractivity contribution in [3.05, 3.63) is 101 Å². The van der Waals surface area contributed by atoms with Crippen molar-refractivity contribution < 1.29 is 4.74 Å². The number of benzene rings is 3. The van der Waals surface area contributed by atoms with E-state index < -0.39 is 0 Å². The Hall–Kier alpha value is -2.55. The van der Waals surface area contributed by atoms with Gasteiger partial charge in [0, 0.05) is 11.6 Å². The third-order valence-electron chi connectivity index (χ3n) is 6.43. The predicted molar refractivity (Wildman–Crippen MR) is 141 cm³/mol. The largest absolute Gasteiger partial charge is 0.492 e. The van der Waals surface area contributed by atoms with Crippen LogP contribution in [0.1, 0.15) is 55.7 Å². The van der Waals surface area contributed by atoms with Gasteiger partial charge in [-0.1, -0.05) is 86.0 Å². The lowest BCUT2D eigenvalue weighted by Crippen LogP contribution is -2.29. The number of hydrogen-bond acceptors (Lipinski definition) is 2. The summed E-state index contributed by atoms with van der Waals surface area (Å²) in [6.07, 6.45) is 6.30. The van der Waals surface area contributed by atoms with Crippen molar-refractivity contribution in [1.82, 2.24) is 4.90 Å². The van der Waals surface area contributed by atoms with E-state index >= 15 is 0 Å². The Balaban J connectivity index is 1.56. The van der Waals surface area contributed by atoms with Crippen LogP contribution in [0.5, 0.6) is 5.75 Å². The Morgan fingerprint density at radius 3 is 1.97 bits per heavy atom. The SMILES string of the molecule is CC/C(=C(/c1ccc(Cl)cc1)c1ccc(OCCN2CCCCCC2)cc1)c1ccccc1.